The number of amides is 2. The number of piperidine rings is 1. The van der Waals surface area contributed by atoms with Gasteiger partial charge in [-0.1, -0.05) is 29.8 Å². The molecule has 8 nitrogen and oxygen atoms in total. The van der Waals surface area contributed by atoms with E-state index in [-0.39, 0.29) is 29.2 Å². The summed E-state index contributed by atoms with van der Waals surface area (Å²) in [5.74, 6) is -0.252. The average Bonchev–Trinajstić information content (AvgIpc) is 3.37. The quantitative estimate of drug-likeness (QED) is 0.532. The molecule has 0 spiro atoms. The minimum atomic E-state index is -3.93. The monoisotopic (exact) mass is 526 g/mol. The van der Waals surface area contributed by atoms with Crippen LogP contribution in [-0.2, 0) is 19.6 Å². The smallest absolute Gasteiger partial charge is 0.242 e. The van der Waals surface area contributed by atoms with Crippen LogP contribution in [0.25, 0.3) is 10.8 Å². The lowest BCUT2D eigenvalue weighted by Gasteiger charge is -2.33. The maximum atomic E-state index is 13.1. The Bertz CT molecular complexity index is 1400. The number of carbonyl (C=O) groups is 2. The zero-order chi connectivity index (χ0) is 25.3. The number of carbonyl (C=O) groups excluding carboxylic acids is 2. The number of fused-ring (bicyclic) bond motifs is 1. The highest BCUT2D eigenvalue weighted by Gasteiger charge is 2.35. The Morgan fingerprint density at radius 2 is 1.89 bits per heavy atom. The van der Waals surface area contributed by atoms with Gasteiger partial charge in [-0.2, -0.15) is 4.72 Å². The van der Waals surface area contributed by atoms with Crippen LogP contribution < -0.4 is 4.72 Å². The number of aromatic nitrogens is 1. The van der Waals surface area contributed by atoms with Crippen LogP contribution in [0, 0.1) is 0 Å². The molecule has 2 fully saturated rings. The third-order valence-corrected chi connectivity index (χ3v) is 8.64. The fourth-order valence-electron chi connectivity index (χ4n) is 4.96. The first-order chi connectivity index (χ1) is 17.3. The van der Waals surface area contributed by atoms with Gasteiger partial charge in [0.1, 0.15) is 6.04 Å². The van der Waals surface area contributed by atoms with Crippen LogP contribution in [0.5, 0.6) is 0 Å². The molecule has 2 aliphatic rings. The van der Waals surface area contributed by atoms with Crippen molar-refractivity contribution in [3.63, 3.8) is 0 Å². The lowest BCUT2D eigenvalue weighted by atomic mass is 10.0. The van der Waals surface area contributed by atoms with Crippen molar-refractivity contribution in [2.75, 3.05) is 26.2 Å². The fraction of sp³-hybridized carbons (Fsp3) is 0.346. The van der Waals surface area contributed by atoms with Gasteiger partial charge in [0.05, 0.1) is 11.4 Å². The fourth-order valence-corrected chi connectivity index (χ4v) is 6.40. The predicted octanol–water partition coefficient (Wildman–Crippen LogP) is 3.17. The molecule has 3 heterocycles. The van der Waals surface area contributed by atoms with E-state index in [1.165, 1.54) is 11.0 Å². The average molecular weight is 527 g/mol. The zero-order valence-corrected chi connectivity index (χ0v) is 21.2. The Morgan fingerprint density at radius 1 is 1.08 bits per heavy atom. The molecule has 0 radical (unpaired) electrons. The van der Waals surface area contributed by atoms with Gasteiger partial charge in [0.15, 0.2) is 0 Å². The lowest BCUT2D eigenvalue weighted by Crippen LogP contribution is -2.54. The Hall–Kier alpha value is -3.01. The largest absolute Gasteiger partial charge is 0.341 e. The molecule has 10 heteroatoms. The van der Waals surface area contributed by atoms with E-state index in [9.17, 15) is 18.0 Å². The molecule has 5 rings (SSSR count). The summed E-state index contributed by atoms with van der Waals surface area (Å²) in [6.07, 6.45) is 5.41. The van der Waals surface area contributed by atoms with E-state index in [0.717, 1.165) is 22.8 Å². The maximum absolute atomic E-state index is 13.1. The van der Waals surface area contributed by atoms with Crippen molar-refractivity contribution >= 4 is 44.2 Å². The van der Waals surface area contributed by atoms with E-state index >= 15 is 0 Å². The summed E-state index contributed by atoms with van der Waals surface area (Å²) < 4.78 is 28.7. The highest BCUT2D eigenvalue weighted by Crippen LogP contribution is 2.27. The van der Waals surface area contributed by atoms with E-state index < -0.39 is 16.1 Å². The third-order valence-electron chi connectivity index (χ3n) is 6.93. The van der Waals surface area contributed by atoms with Crippen LogP contribution in [-0.4, -0.2) is 67.2 Å². The number of likely N-dealkylation sites (tertiary alicyclic amines) is 2. The van der Waals surface area contributed by atoms with Gasteiger partial charge in [-0.25, -0.2) is 8.42 Å². The van der Waals surface area contributed by atoms with Crippen molar-refractivity contribution in [2.24, 2.45) is 0 Å². The Morgan fingerprint density at radius 3 is 2.69 bits per heavy atom. The first-order valence-corrected chi connectivity index (χ1v) is 13.8. The van der Waals surface area contributed by atoms with E-state index in [1.54, 1.807) is 41.4 Å². The number of nitrogens with zero attached hydrogens (tertiary/aromatic N) is 3. The summed E-state index contributed by atoms with van der Waals surface area (Å²) in [7, 11) is -3.93. The second kappa shape index (κ2) is 10.2. The van der Waals surface area contributed by atoms with Crippen LogP contribution in [0.4, 0.5) is 0 Å². The first-order valence-electron chi connectivity index (χ1n) is 12.0. The molecule has 36 heavy (non-hydrogen) atoms. The van der Waals surface area contributed by atoms with Crippen molar-refractivity contribution in [3.8, 4) is 0 Å². The third kappa shape index (κ3) is 5.23. The number of hydrogen-bond donors (Lipinski definition) is 1. The van der Waals surface area contributed by atoms with Crippen molar-refractivity contribution in [3.05, 3.63) is 71.5 Å². The molecule has 2 saturated heterocycles. The number of rotatable bonds is 6. The topological polar surface area (TPSA) is 99.7 Å². The van der Waals surface area contributed by atoms with Gasteiger partial charge >= 0.3 is 0 Å². The molecule has 1 aromatic heterocycles. The summed E-state index contributed by atoms with van der Waals surface area (Å²) in [5.41, 5.74) is 1.10. The summed E-state index contributed by atoms with van der Waals surface area (Å²) >= 11 is 6.02. The van der Waals surface area contributed by atoms with Gasteiger partial charge in [-0.3, -0.25) is 14.6 Å². The van der Waals surface area contributed by atoms with E-state index in [4.69, 9.17) is 11.6 Å². The maximum Gasteiger partial charge on any atom is 0.242 e. The van der Waals surface area contributed by atoms with Gasteiger partial charge in [-0.15, -0.1) is 0 Å². The van der Waals surface area contributed by atoms with Crippen molar-refractivity contribution in [2.45, 2.75) is 36.1 Å². The number of hydrogen-bond acceptors (Lipinski definition) is 5. The van der Waals surface area contributed by atoms with Gasteiger partial charge in [0.2, 0.25) is 21.8 Å². The standard InChI is InChI=1S/C26H27ClN4O4S/c27-22-7-5-19-14-23(8-6-18(19)13-22)36(34,35)29-24-4-2-11-31(26(24)33)17-25(32)30-12-9-21(16-30)20-3-1-10-28-15-20/h1,3,5-8,10,13-15,21,24,29H,2,4,9,11-12,16-17H2/t21?,24-/m0/s1. The van der Waals surface area contributed by atoms with Gasteiger partial charge < -0.3 is 9.80 Å². The van der Waals surface area contributed by atoms with Gasteiger partial charge in [0, 0.05) is 43.0 Å². The number of halogens is 1. The molecule has 188 valence electrons. The lowest BCUT2D eigenvalue weighted by molar-refractivity contribution is -0.142. The van der Waals surface area contributed by atoms with E-state index in [1.807, 2.05) is 18.3 Å². The number of sulfonamides is 1. The SMILES string of the molecule is O=C(CN1CCC[C@H](NS(=O)(=O)c2ccc3cc(Cl)ccc3c2)C1=O)N1CCC(c2cccnc2)C1. The summed E-state index contributed by atoms with van der Waals surface area (Å²) in [5, 5.41) is 2.13. The Kier molecular flexibility index (Phi) is 6.96. The molecule has 2 aliphatic heterocycles. The normalized spacial score (nSPS) is 20.8. The summed E-state index contributed by atoms with van der Waals surface area (Å²) in [4.78, 5) is 33.6. The van der Waals surface area contributed by atoms with Crippen LogP contribution >= 0.6 is 11.6 Å². The van der Waals surface area contributed by atoms with E-state index in [0.29, 0.717) is 37.5 Å². The van der Waals surface area contributed by atoms with Crippen molar-refractivity contribution < 1.29 is 18.0 Å². The number of pyridine rings is 1. The second-order valence-electron chi connectivity index (χ2n) is 9.34. The molecule has 1 unspecified atom stereocenters. The molecular weight excluding hydrogens is 500 g/mol. The van der Waals surface area contributed by atoms with Crippen LogP contribution in [0.1, 0.15) is 30.7 Å². The molecule has 2 amide bonds. The molecule has 2 aromatic carbocycles. The number of benzene rings is 2. The van der Waals surface area contributed by atoms with Crippen LogP contribution in [0.15, 0.2) is 65.8 Å². The molecule has 1 N–H and O–H groups in total. The highest BCUT2D eigenvalue weighted by molar-refractivity contribution is 7.89. The van der Waals surface area contributed by atoms with Crippen molar-refractivity contribution in [1.82, 2.24) is 19.5 Å². The van der Waals surface area contributed by atoms with E-state index in [2.05, 4.69) is 9.71 Å². The summed E-state index contributed by atoms with van der Waals surface area (Å²) in [6, 6.07) is 13.0. The minimum Gasteiger partial charge on any atom is -0.341 e. The Labute approximate surface area is 215 Å². The van der Waals surface area contributed by atoms with Crippen molar-refractivity contribution in [1.29, 1.82) is 0 Å². The van der Waals surface area contributed by atoms with Crippen LogP contribution in [0.2, 0.25) is 5.02 Å². The second-order valence-corrected chi connectivity index (χ2v) is 11.5. The number of nitrogens with one attached hydrogen (secondary N) is 1. The molecule has 0 bridgehead atoms. The van der Waals surface area contributed by atoms with Crippen LogP contribution in [0.3, 0.4) is 0 Å². The molecule has 3 aromatic rings. The molecular formula is C26H27ClN4O4S. The highest BCUT2D eigenvalue weighted by atomic mass is 35.5. The van der Waals surface area contributed by atoms with Gasteiger partial charge in [0.25, 0.3) is 0 Å². The minimum absolute atomic E-state index is 0.0481. The Balaban J connectivity index is 1.23. The van der Waals surface area contributed by atoms with Gasteiger partial charge in [-0.05, 0) is 65.9 Å². The summed E-state index contributed by atoms with van der Waals surface area (Å²) in [6.45, 7) is 1.60. The molecule has 2 atom stereocenters. The molecule has 0 saturated carbocycles. The predicted molar refractivity (Wildman–Crippen MR) is 137 cm³/mol. The zero-order valence-electron chi connectivity index (χ0n) is 19.6. The molecule has 0 aliphatic carbocycles. The first kappa shape index (κ1) is 24.7.